The number of sulfonamides is 1. The summed E-state index contributed by atoms with van der Waals surface area (Å²) in [6.45, 7) is 9.26. The van der Waals surface area contributed by atoms with Crippen LogP contribution in [0, 0.1) is 0 Å². The third-order valence-corrected chi connectivity index (χ3v) is 5.83. The van der Waals surface area contributed by atoms with E-state index < -0.39 is 15.6 Å². The largest absolute Gasteiger partial charge is 0.378 e. The van der Waals surface area contributed by atoms with Crippen LogP contribution in [0.3, 0.4) is 0 Å². The highest BCUT2D eigenvalue weighted by molar-refractivity contribution is 7.89. The van der Waals surface area contributed by atoms with Gasteiger partial charge in [0.2, 0.25) is 10.0 Å². The highest BCUT2D eigenvalue weighted by Crippen LogP contribution is 2.28. The molecule has 0 aromatic heterocycles. The molecule has 2 rings (SSSR count). The van der Waals surface area contributed by atoms with Crippen LogP contribution in [0.1, 0.15) is 39.2 Å². The molecule has 20 heavy (non-hydrogen) atoms. The van der Waals surface area contributed by atoms with Crippen molar-refractivity contribution in [2.75, 3.05) is 19.8 Å². The summed E-state index contributed by atoms with van der Waals surface area (Å²) in [5, 5.41) is 0. The highest BCUT2D eigenvalue weighted by atomic mass is 32.2. The maximum atomic E-state index is 12.8. The van der Waals surface area contributed by atoms with Crippen molar-refractivity contribution >= 4 is 10.0 Å². The van der Waals surface area contributed by atoms with Crippen LogP contribution in [0.5, 0.6) is 0 Å². The van der Waals surface area contributed by atoms with Crippen molar-refractivity contribution in [3.8, 4) is 0 Å². The summed E-state index contributed by atoms with van der Waals surface area (Å²) in [4.78, 5) is 0.358. The molecular weight excluding hydrogens is 274 g/mol. The van der Waals surface area contributed by atoms with Crippen LogP contribution in [0.2, 0.25) is 0 Å². The zero-order chi connectivity index (χ0) is 15.0. The summed E-state index contributed by atoms with van der Waals surface area (Å²) in [5.41, 5.74) is 0.638. The van der Waals surface area contributed by atoms with Gasteiger partial charge in [0.25, 0.3) is 0 Å². The Kier molecular flexibility index (Phi) is 4.23. The summed E-state index contributed by atoms with van der Waals surface area (Å²) in [7, 11) is -3.46. The molecule has 1 heterocycles. The summed E-state index contributed by atoms with van der Waals surface area (Å²) in [6.07, 6.45) is 0. The van der Waals surface area contributed by atoms with E-state index >= 15 is 0 Å². The van der Waals surface area contributed by atoms with Crippen LogP contribution >= 0.6 is 0 Å². The molecule has 1 aliphatic rings. The average molecular weight is 297 g/mol. The Morgan fingerprint density at radius 2 is 1.80 bits per heavy atom. The summed E-state index contributed by atoms with van der Waals surface area (Å²) in [6, 6.07) is 7.20. The molecule has 0 spiro atoms. The molecule has 0 N–H and O–H groups in total. The van der Waals surface area contributed by atoms with Crippen molar-refractivity contribution in [3.63, 3.8) is 0 Å². The summed E-state index contributed by atoms with van der Waals surface area (Å²) < 4.78 is 32.4. The standard InChI is InChI=1S/C15H23NO3S/c1-12(2)13-5-7-14(8-6-13)20(17,18)16-9-10-19-11-15(16,3)4/h5-8,12H,9-11H2,1-4H3. The van der Waals surface area contributed by atoms with E-state index in [2.05, 4.69) is 13.8 Å². The molecule has 1 aromatic rings. The van der Waals surface area contributed by atoms with Crippen molar-refractivity contribution in [1.82, 2.24) is 4.31 Å². The molecule has 0 unspecified atom stereocenters. The van der Waals surface area contributed by atoms with Gasteiger partial charge in [-0.15, -0.1) is 0 Å². The number of hydrogen-bond donors (Lipinski definition) is 0. The quantitative estimate of drug-likeness (QED) is 0.861. The third kappa shape index (κ3) is 2.90. The Labute approximate surface area is 121 Å². The van der Waals surface area contributed by atoms with Crippen LogP contribution in [0.4, 0.5) is 0 Å². The molecule has 1 fully saturated rings. The van der Waals surface area contributed by atoms with Gasteiger partial charge in [-0.05, 0) is 37.5 Å². The topological polar surface area (TPSA) is 46.6 Å². The second kappa shape index (κ2) is 5.47. The van der Waals surface area contributed by atoms with E-state index in [1.54, 1.807) is 16.4 Å². The summed E-state index contributed by atoms with van der Waals surface area (Å²) >= 11 is 0. The van der Waals surface area contributed by atoms with Crippen LogP contribution < -0.4 is 0 Å². The molecule has 5 heteroatoms. The molecule has 4 nitrogen and oxygen atoms in total. The van der Waals surface area contributed by atoms with Gasteiger partial charge in [0.1, 0.15) is 0 Å². The first-order chi connectivity index (χ1) is 9.25. The first-order valence-corrected chi connectivity index (χ1v) is 8.40. The molecule has 1 aliphatic heterocycles. The maximum Gasteiger partial charge on any atom is 0.243 e. The van der Waals surface area contributed by atoms with E-state index in [1.165, 1.54) is 0 Å². The molecule has 1 saturated heterocycles. The lowest BCUT2D eigenvalue weighted by Gasteiger charge is -2.40. The SMILES string of the molecule is CC(C)c1ccc(S(=O)(=O)N2CCOCC2(C)C)cc1. The number of nitrogens with zero attached hydrogens (tertiary/aromatic N) is 1. The van der Waals surface area contributed by atoms with Crippen LogP contribution in [0.25, 0.3) is 0 Å². The first-order valence-electron chi connectivity index (χ1n) is 6.96. The van der Waals surface area contributed by atoms with E-state index in [-0.39, 0.29) is 0 Å². The first kappa shape index (κ1) is 15.5. The van der Waals surface area contributed by atoms with Crippen molar-refractivity contribution in [3.05, 3.63) is 29.8 Å². The van der Waals surface area contributed by atoms with E-state index in [1.807, 2.05) is 26.0 Å². The van der Waals surface area contributed by atoms with Gasteiger partial charge < -0.3 is 4.74 Å². The van der Waals surface area contributed by atoms with Crippen molar-refractivity contribution in [2.24, 2.45) is 0 Å². The molecule has 1 aromatic carbocycles. The minimum atomic E-state index is -3.46. The number of rotatable bonds is 3. The van der Waals surface area contributed by atoms with Crippen LogP contribution in [0.15, 0.2) is 29.2 Å². The molecule has 0 radical (unpaired) electrons. The number of hydrogen-bond acceptors (Lipinski definition) is 3. The van der Waals surface area contributed by atoms with Gasteiger partial charge >= 0.3 is 0 Å². The molecule has 112 valence electrons. The van der Waals surface area contributed by atoms with Gasteiger partial charge in [-0.3, -0.25) is 0 Å². The fourth-order valence-corrected chi connectivity index (χ4v) is 4.19. The highest BCUT2D eigenvalue weighted by Gasteiger charge is 2.39. The Hall–Kier alpha value is -0.910. The molecule has 0 amide bonds. The van der Waals surface area contributed by atoms with Crippen LogP contribution in [-0.4, -0.2) is 38.0 Å². The van der Waals surface area contributed by atoms with Crippen molar-refractivity contribution < 1.29 is 13.2 Å². The number of ether oxygens (including phenoxy) is 1. The predicted octanol–water partition coefficient (Wildman–Crippen LogP) is 2.61. The predicted molar refractivity (Wildman–Crippen MR) is 79.3 cm³/mol. The molecule has 0 saturated carbocycles. The van der Waals surface area contributed by atoms with Crippen molar-refractivity contribution in [1.29, 1.82) is 0 Å². The van der Waals surface area contributed by atoms with E-state index in [0.29, 0.717) is 30.6 Å². The van der Waals surface area contributed by atoms with E-state index in [4.69, 9.17) is 4.74 Å². The van der Waals surface area contributed by atoms with Gasteiger partial charge in [-0.25, -0.2) is 8.42 Å². The monoisotopic (exact) mass is 297 g/mol. The van der Waals surface area contributed by atoms with Gasteiger partial charge in [0, 0.05) is 6.54 Å². The minimum Gasteiger partial charge on any atom is -0.378 e. The van der Waals surface area contributed by atoms with Gasteiger partial charge in [0.15, 0.2) is 0 Å². The second-order valence-corrected chi connectivity index (χ2v) is 8.03. The Balaban J connectivity index is 2.34. The fourth-order valence-electron chi connectivity index (χ4n) is 2.44. The lowest BCUT2D eigenvalue weighted by Crippen LogP contribution is -2.55. The van der Waals surface area contributed by atoms with Crippen molar-refractivity contribution in [2.45, 2.75) is 44.0 Å². The Bertz CT molecular complexity index is 561. The lowest BCUT2D eigenvalue weighted by molar-refractivity contribution is -0.00770. The smallest absolute Gasteiger partial charge is 0.243 e. The molecular formula is C15H23NO3S. The van der Waals surface area contributed by atoms with E-state index in [0.717, 1.165) is 5.56 Å². The normalized spacial score (nSPS) is 20.2. The fraction of sp³-hybridized carbons (Fsp3) is 0.600. The summed E-state index contributed by atoms with van der Waals surface area (Å²) in [5.74, 6) is 0.395. The molecule has 0 aliphatic carbocycles. The van der Waals surface area contributed by atoms with Crippen LogP contribution in [-0.2, 0) is 14.8 Å². The molecule has 0 bridgehead atoms. The number of morpholine rings is 1. The Morgan fingerprint density at radius 1 is 1.20 bits per heavy atom. The minimum absolute atomic E-state index is 0.358. The van der Waals surface area contributed by atoms with Gasteiger partial charge in [-0.1, -0.05) is 26.0 Å². The van der Waals surface area contributed by atoms with Gasteiger partial charge in [-0.2, -0.15) is 4.31 Å². The molecule has 0 atom stereocenters. The zero-order valence-electron chi connectivity index (χ0n) is 12.6. The third-order valence-electron chi connectivity index (χ3n) is 3.70. The maximum absolute atomic E-state index is 12.8. The lowest BCUT2D eigenvalue weighted by atomic mass is 10.0. The van der Waals surface area contributed by atoms with Gasteiger partial charge in [0.05, 0.1) is 23.6 Å². The average Bonchev–Trinajstić information content (AvgIpc) is 2.38. The Morgan fingerprint density at radius 3 is 2.30 bits per heavy atom. The zero-order valence-corrected chi connectivity index (χ0v) is 13.4. The second-order valence-electron chi connectivity index (χ2n) is 6.17. The number of benzene rings is 1. The van der Waals surface area contributed by atoms with E-state index in [9.17, 15) is 8.42 Å².